The lowest BCUT2D eigenvalue weighted by atomic mass is 10.1. The second kappa shape index (κ2) is 8.39. The minimum absolute atomic E-state index is 0.108. The minimum Gasteiger partial charge on any atom is -0.385 e. The molecule has 0 unspecified atom stereocenters. The first kappa shape index (κ1) is 18.5. The Kier molecular flexibility index (Phi) is 5.97. The number of aryl methyl sites for hydroxylation is 2. The van der Waals surface area contributed by atoms with Crippen LogP contribution in [-0.4, -0.2) is 12.5 Å². The van der Waals surface area contributed by atoms with E-state index in [1.165, 1.54) is 43.2 Å². The lowest BCUT2D eigenvalue weighted by molar-refractivity contribution is 0.0996. The average molecular weight is 351 g/mol. The highest BCUT2D eigenvalue weighted by Gasteiger charge is 2.30. The minimum atomic E-state index is 0.108. The van der Waals surface area contributed by atoms with Crippen LogP contribution in [0.4, 0.5) is 11.4 Å². The molecule has 138 valence electrons. The van der Waals surface area contributed by atoms with Gasteiger partial charge < -0.3 is 10.2 Å². The molecule has 1 amide bonds. The first-order valence-corrected chi connectivity index (χ1v) is 9.86. The molecule has 0 atom stereocenters. The van der Waals surface area contributed by atoms with Crippen molar-refractivity contribution in [3.05, 3.63) is 58.7 Å². The highest BCUT2D eigenvalue weighted by Crippen LogP contribution is 2.33. The SMILES string of the molecule is CCCCCCCNc1cccc2c1CN(c1cc(C)cc(C)c1)C2=O. The Morgan fingerprint density at radius 1 is 1.00 bits per heavy atom. The van der Waals surface area contributed by atoms with E-state index in [0.29, 0.717) is 6.54 Å². The van der Waals surface area contributed by atoms with Gasteiger partial charge in [0.2, 0.25) is 0 Å². The van der Waals surface area contributed by atoms with Crippen molar-refractivity contribution in [1.82, 2.24) is 0 Å². The predicted molar refractivity (Wildman–Crippen MR) is 110 cm³/mol. The van der Waals surface area contributed by atoms with Crippen LogP contribution in [0.5, 0.6) is 0 Å². The molecule has 3 heteroatoms. The molecule has 3 nitrogen and oxygen atoms in total. The van der Waals surface area contributed by atoms with E-state index in [0.717, 1.165) is 29.0 Å². The van der Waals surface area contributed by atoms with E-state index in [1.807, 2.05) is 17.0 Å². The Balaban J connectivity index is 1.71. The molecule has 0 aromatic heterocycles. The highest BCUT2D eigenvalue weighted by atomic mass is 16.2. The molecule has 0 saturated heterocycles. The van der Waals surface area contributed by atoms with Crippen molar-refractivity contribution in [3.63, 3.8) is 0 Å². The molecule has 0 bridgehead atoms. The maximum Gasteiger partial charge on any atom is 0.259 e. The summed E-state index contributed by atoms with van der Waals surface area (Å²) in [6, 6.07) is 12.4. The molecule has 2 aromatic carbocycles. The maximum absolute atomic E-state index is 12.9. The zero-order valence-electron chi connectivity index (χ0n) is 16.3. The normalized spacial score (nSPS) is 13.2. The third kappa shape index (κ3) is 4.09. The number of hydrogen-bond acceptors (Lipinski definition) is 2. The van der Waals surface area contributed by atoms with Gasteiger partial charge >= 0.3 is 0 Å². The molecule has 3 rings (SSSR count). The zero-order chi connectivity index (χ0) is 18.5. The third-order valence-electron chi connectivity index (χ3n) is 5.08. The number of hydrogen-bond donors (Lipinski definition) is 1. The smallest absolute Gasteiger partial charge is 0.259 e. The molecule has 1 aliphatic rings. The second-order valence-electron chi connectivity index (χ2n) is 7.41. The number of amides is 1. The van der Waals surface area contributed by atoms with Gasteiger partial charge in [0, 0.05) is 29.0 Å². The molecule has 26 heavy (non-hydrogen) atoms. The van der Waals surface area contributed by atoms with Gasteiger partial charge in [-0.05, 0) is 55.7 Å². The molecule has 1 heterocycles. The summed E-state index contributed by atoms with van der Waals surface area (Å²) in [6.07, 6.45) is 6.35. The number of benzene rings is 2. The van der Waals surface area contributed by atoms with Crippen LogP contribution < -0.4 is 10.2 Å². The summed E-state index contributed by atoms with van der Waals surface area (Å²) >= 11 is 0. The zero-order valence-corrected chi connectivity index (χ0v) is 16.3. The Labute approximate surface area is 157 Å². The number of fused-ring (bicyclic) bond motifs is 1. The van der Waals surface area contributed by atoms with Gasteiger partial charge in [-0.25, -0.2) is 0 Å². The number of nitrogens with zero attached hydrogens (tertiary/aromatic N) is 1. The number of nitrogens with one attached hydrogen (secondary N) is 1. The van der Waals surface area contributed by atoms with Gasteiger partial charge in [-0.3, -0.25) is 4.79 Å². The monoisotopic (exact) mass is 350 g/mol. The van der Waals surface area contributed by atoms with E-state index in [-0.39, 0.29) is 5.91 Å². The van der Waals surface area contributed by atoms with Crippen molar-refractivity contribution in [1.29, 1.82) is 0 Å². The van der Waals surface area contributed by atoms with E-state index in [9.17, 15) is 4.79 Å². The summed E-state index contributed by atoms with van der Waals surface area (Å²) in [6.45, 7) is 8.02. The van der Waals surface area contributed by atoms with Crippen LogP contribution in [0.3, 0.4) is 0 Å². The number of carbonyl (C=O) groups excluding carboxylic acids is 1. The van der Waals surface area contributed by atoms with Crippen molar-refractivity contribution in [2.45, 2.75) is 59.4 Å². The first-order valence-electron chi connectivity index (χ1n) is 9.86. The second-order valence-corrected chi connectivity index (χ2v) is 7.41. The topological polar surface area (TPSA) is 32.3 Å². The summed E-state index contributed by atoms with van der Waals surface area (Å²) in [5, 5.41) is 3.56. The molecular weight excluding hydrogens is 320 g/mol. The van der Waals surface area contributed by atoms with Crippen molar-refractivity contribution in [3.8, 4) is 0 Å². The van der Waals surface area contributed by atoms with E-state index >= 15 is 0 Å². The van der Waals surface area contributed by atoms with Crippen LogP contribution in [0, 0.1) is 13.8 Å². The van der Waals surface area contributed by atoms with Crippen molar-refractivity contribution >= 4 is 17.3 Å². The van der Waals surface area contributed by atoms with Gasteiger partial charge in [0.1, 0.15) is 0 Å². The van der Waals surface area contributed by atoms with E-state index in [2.05, 4.69) is 50.4 Å². The van der Waals surface area contributed by atoms with Gasteiger partial charge in [-0.2, -0.15) is 0 Å². The van der Waals surface area contributed by atoms with Gasteiger partial charge in [0.25, 0.3) is 5.91 Å². The Morgan fingerprint density at radius 2 is 1.73 bits per heavy atom. The number of unbranched alkanes of at least 4 members (excludes halogenated alkanes) is 4. The van der Waals surface area contributed by atoms with Gasteiger partial charge in [-0.1, -0.05) is 44.7 Å². The van der Waals surface area contributed by atoms with Crippen LogP contribution in [0.15, 0.2) is 36.4 Å². The fraction of sp³-hybridized carbons (Fsp3) is 0.435. The molecule has 0 aliphatic carbocycles. The van der Waals surface area contributed by atoms with Crippen LogP contribution >= 0.6 is 0 Å². The van der Waals surface area contributed by atoms with Gasteiger partial charge in [0.05, 0.1) is 6.54 Å². The largest absolute Gasteiger partial charge is 0.385 e. The summed E-state index contributed by atoms with van der Waals surface area (Å²) in [5.41, 5.74) is 6.45. The highest BCUT2D eigenvalue weighted by molar-refractivity contribution is 6.11. The Morgan fingerprint density at radius 3 is 2.46 bits per heavy atom. The molecule has 0 spiro atoms. The van der Waals surface area contributed by atoms with Crippen LogP contribution in [0.1, 0.15) is 66.1 Å². The van der Waals surface area contributed by atoms with Crippen LogP contribution in [0.25, 0.3) is 0 Å². The molecule has 0 radical (unpaired) electrons. The average Bonchev–Trinajstić information content (AvgIpc) is 2.95. The molecule has 2 aromatic rings. The van der Waals surface area contributed by atoms with Crippen molar-refractivity contribution < 1.29 is 4.79 Å². The molecular formula is C23H30N2O. The van der Waals surface area contributed by atoms with Crippen molar-refractivity contribution in [2.24, 2.45) is 0 Å². The Bertz CT molecular complexity index is 762. The first-order chi connectivity index (χ1) is 12.6. The van der Waals surface area contributed by atoms with Gasteiger partial charge in [0.15, 0.2) is 0 Å². The summed E-state index contributed by atoms with van der Waals surface area (Å²) in [4.78, 5) is 14.8. The van der Waals surface area contributed by atoms with Crippen LogP contribution in [0.2, 0.25) is 0 Å². The van der Waals surface area contributed by atoms with E-state index < -0.39 is 0 Å². The summed E-state index contributed by atoms with van der Waals surface area (Å²) < 4.78 is 0. The van der Waals surface area contributed by atoms with E-state index in [4.69, 9.17) is 0 Å². The molecule has 1 aliphatic heterocycles. The lowest BCUT2D eigenvalue weighted by Gasteiger charge is -2.17. The molecule has 0 saturated carbocycles. The van der Waals surface area contributed by atoms with Crippen LogP contribution in [-0.2, 0) is 6.54 Å². The molecule has 1 N–H and O–H groups in total. The third-order valence-corrected chi connectivity index (χ3v) is 5.08. The number of anilines is 2. The lowest BCUT2D eigenvalue weighted by Crippen LogP contribution is -2.23. The predicted octanol–water partition coefficient (Wildman–Crippen LogP) is 5.85. The Hall–Kier alpha value is -2.29. The quantitative estimate of drug-likeness (QED) is 0.606. The maximum atomic E-state index is 12.9. The number of carbonyl (C=O) groups is 1. The standard InChI is InChI=1S/C23H30N2O/c1-4-5-6-7-8-12-24-22-11-9-10-20-21(22)16-25(23(20)26)19-14-17(2)13-18(3)15-19/h9-11,13-15,24H,4-8,12,16H2,1-3H3. The molecule has 0 fully saturated rings. The van der Waals surface area contributed by atoms with E-state index in [1.54, 1.807) is 0 Å². The fourth-order valence-electron chi connectivity index (χ4n) is 3.77. The van der Waals surface area contributed by atoms with Crippen molar-refractivity contribution in [2.75, 3.05) is 16.8 Å². The number of rotatable bonds is 8. The summed E-state index contributed by atoms with van der Waals surface area (Å²) in [7, 11) is 0. The summed E-state index contributed by atoms with van der Waals surface area (Å²) in [5.74, 6) is 0.108. The fourth-order valence-corrected chi connectivity index (χ4v) is 3.77. The van der Waals surface area contributed by atoms with Gasteiger partial charge in [-0.15, -0.1) is 0 Å².